The van der Waals surface area contributed by atoms with Gasteiger partial charge in [0.1, 0.15) is 0 Å². The molecule has 7 heteroatoms. The molecule has 0 saturated heterocycles. The fourth-order valence-electron chi connectivity index (χ4n) is 2.19. The number of nitrogens with zero attached hydrogens (tertiary/aromatic N) is 1. The molecule has 1 aromatic carbocycles. The zero-order valence-electron chi connectivity index (χ0n) is 13.1. The number of pyridine rings is 1. The Kier molecular flexibility index (Phi) is 5.12. The third-order valence-corrected chi connectivity index (χ3v) is 5.10. The fraction of sp³-hybridized carbons (Fsp3) is 0.250. The topological polar surface area (TPSA) is 85.4 Å². The highest BCUT2D eigenvalue weighted by Gasteiger charge is 2.21. The van der Waals surface area contributed by atoms with Crippen LogP contribution in [0.4, 0.5) is 0 Å². The summed E-state index contributed by atoms with van der Waals surface area (Å²) in [5, 5.41) is 0. The van der Waals surface area contributed by atoms with E-state index in [0.717, 1.165) is 5.56 Å². The van der Waals surface area contributed by atoms with Crippen LogP contribution in [-0.4, -0.2) is 26.5 Å². The van der Waals surface area contributed by atoms with Crippen LogP contribution in [0.15, 0.2) is 47.6 Å². The van der Waals surface area contributed by atoms with E-state index in [0.29, 0.717) is 11.1 Å². The maximum absolute atomic E-state index is 12.5. The van der Waals surface area contributed by atoms with Crippen LogP contribution in [-0.2, 0) is 14.8 Å². The van der Waals surface area contributed by atoms with Crippen LogP contribution in [0, 0.1) is 6.92 Å². The van der Waals surface area contributed by atoms with Gasteiger partial charge in [0.25, 0.3) is 0 Å². The number of sulfonamides is 1. The summed E-state index contributed by atoms with van der Waals surface area (Å²) in [6.45, 7) is 3.38. The lowest BCUT2D eigenvalue weighted by atomic mass is 10.1. The van der Waals surface area contributed by atoms with Gasteiger partial charge in [0.15, 0.2) is 0 Å². The highest BCUT2D eigenvalue weighted by atomic mass is 32.2. The number of nitrogens with one attached hydrogen (secondary N) is 1. The van der Waals surface area contributed by atoms with Gasteiger partial charge in [0.05, 0.1) is 17.6 Å². The molecule has 0 amide bonds. The normalized spacial score (nSPS) is 12.7. The highest BCUT2D eigenvalue weighted by Crippen LogP contribution is 2.20. The van der Waals surface area contributed by atoms with E-state index in [4.69, 9.17) is 0 Å². The van der Waals surface area contributed by atoms with Crippen molar-refractivity contribution in [2.45, 2.75) is 24.8 Å². The number of carbonyl (C=O) groups excluding carboxylic acids is 1. The molecular weight excluding hydrogens is 316 g/mol. The number of rotatable bonds is 5. The van der Waals surface area contributed by atoms with Crippen molar-refractivity contribution >= 4 is 16.0 Å². The third kappa shape index (κ3) is 3.94. The van der Waals surface area contributed by atoms with Gasteiger partial charge in [-0.1, -0.05) is 6.07 Å². The molecule has 122 valence electrons. The lowest BCUT2D eigenvalue weighted by Crippen LogP contribution is -2.27. The van der Waals surface area contributed by atoms with Gasteiger partial charge in [0.2, 0.25) is 10.0 Å². The van der Waals surface area contributed by atoms with Crippen LogP contribution in [0.3, 0.4) is 0 Å². The van der Waals surface area contributed by atoms with E-state index in [1.54, 1.807) is 38.4 Å². The largest absolute Gasteiger partial charge is 0.465 e. The summed E-state index contributed by atoms with van der Waals surface area (Å²) in [6, 6.07) is 7.45. The predicted molar refractivity (Wildman–Crippen MR) is 85.5 cm³/mol. The molecule has 1 aromatic heterocycles. The first-order valence-corrected chi connectivity index (χ1v) is 8.44. The molecule has 0 spiro atoms. The number of ether oxygens (including phenoxy) is 1. The van der Waals surface area contributed by atoms with Crippen molar-refractivity contribution in [1.29, 1.82) is 0 Å². The lowest BCUT2D eigenvalue weighted by Gasteiger charge is -2.16. The summed E-state index contributed by atoms with van der Waals surface area (Å²) in [5.74, 6) is -0.506. The Morgan fingerprint density at radius 2 is 2.04 bits per heavy atom. The zero-order valence-corrected chi connectivity index (χ0v) is 13.9. The number of hydrogen-bond donors (Lipinski definition) is 1. The lowest BCUT2D eigenvalue weighted by molar-refractivity contribution is 0.0600. The van der Waals surface area contributed by atoms with Crippen molar-refractivity contribution in [2.75, 3.05) is 7.11 Å². The van der Waals surface area contributed by atoms with E-state index >= 15 is 0 Å². The summed E-state index contributed by atoms with van der Waals surface area (Å²) in [6.07, 6.45) is 3.24. The molecule has 1 atom stereocenters. The molecule has 1 N–H and O–H groups in total. The number of aromatic nitrogens is 1. The van der Waals surface area contributed by atoms with E-state index in [1.807, 2.05) is 0 Å². The second-order valence-electron chi connectivity index (χ2n) is 5.10. The Bertz CT molecular complexity index is 804. The van der Waals surface area contributed by atoms with E-state index in [-0.39, 0.29) is 4.90 Å². The quantitative estimate of drug-likeness (QED) is 0.847. The Labute approximate surface area is 135 Å². The van der Waals surface area contributed by atoms with E-state index in [2.05, 4.69) is 14.4 Å². The molecule has 1 heterocycles. The summed E-state index contributed by atoms with van der Waals surface area (Å²) in [5.41, 5.74) is 1.54. The fourth-order valence-corrected chi connectivity index (χ4v) is 3.65. The summed E-state index contributed by atoms with van der Waals surface area (Å²) >= 11 is 0. The van der Waals surface area contributed by atoms with Gasteiger partial charge >= 0.3 is 5.97 Å². The Morgan fingerprint density at radius 1 is 1.30 bits per heavy atom. The van der Waals surface area contributed by atoms with Crippen LogP contribution in [0.1, 0.15) is 34.5 Å². The van der Waals surface area contributed by atoms with Gasteiger partial charge in [-0.05, 0) is 49.2 Å². The van der Waals surface area contributed by atoms with Gasteiger partial charge in [0, 0.05) is 18.4 Å². The predicted octanol–water partition coefficient (Wildman–Crippen LogP) is 2.22. The molecule has 2 rings (SSSR count). The number of benzene rings is 1. The molecule has 0 saturated carbocycles. The molecular formula is C16H18N2O4S. The Hall–Kier alpha value is -2.25. The van der Waals surface area contributed by atoms with Crippen molar-refractivity contribution in [1.82, 2.24) is 9.71 Å². The number of aryl methyl sites for hydroxylation is 1. The number of hydrogen-bond acceptors (Lipinski definition) is 5. The van der Waals surface area contributed by atoms with Crippen LogP contribution in [0.5, 0.6) is 0 Å². The SMILES string of the molecule is COC(=O)c1ccc(S(=O)(=O)N[C@@H](C)c2cccnc2)c(C)c1. The average molecular weight is 334 g/mol. The minimum atomic E-state index is -3.72. The molecule has 6 nitrogen and oxygen atoms in total. The van der Waals surface area contributed by atoms with Crippen molar-refractivity contribution < 1.29 is 17.9 Å². The average Bonchev–Trinajstić information content (AvgIpc) is 2.54. The summed E-state index contributed by atoms with van der Waals surface area (Å²) in [4.78, 5) is 15.6. The summed E-state index contributed by atoms with van der Waals surface area (Å²) < 4.78 is 32.3. The number of esters is 1. The summed E-state index contributed by atoms with van der Waals surface area (Å²) in [7, 11) is -2.44. The molecule has 0 unspecified atom stereocenters. The molecule has 0 aliphatic rings. The maximum atomic E-state index is 12.5. The van der Waals surface area contributed by atoms with Gasteiger partial charge in [-0.2, -0.15) is 0 Å². The monoisotopic (exact) mass is 334 g/mol. The Balaban J connectivity index is 2.28. The second kappa shape index (κ2) is 6.89. The minimum absolute atomic E-state index is 0.126. The molecule has 0 aliphatic heterocycles. The zero-order chi connectivity index (χ0) is 17.0. The van der Waals surface area contributed by atoms with Crippen molar-refractivity contribution in [2.24, 2.45) is 0 Å². The van der Waals surface area contributed by atoms with E-state index in [1.165, 1.54) is 25.3 Å². The van der Waals surface area contributed by atoms with Gasteiger partial charge in [-0.25, -0.2) is 17.9 Å². The molecule has 2 aromatic rings. The first-order chi connectivity index (χ1) is 10.8. The van der Waals surface area contributed by atoms with Crippen LogP contribution >= 0.6 is 0 Å². The van der Waals surface area contributed by atoms with Crippen molar-refractivity contribution in [3.05, 3.63) is 59.4 Å². The maximum Gasteiger partial charge on any atom is 0.337 e. The van der Waals surface area contributed by atoms with Crippen molar-refractivity contribution in [3.63, 3.8) is 0 Å². The Morgan fingerprint density at radius 3 is 2.61 bits per heavy atom. The first kappa shape index (κ1) is 17.1. The molecule has 0 aliphatic carbocycles. The molecule has 0 fully saturated rings. The number of carbonyl (C=O) groups is 1. The standard InChI is InChI=1S/C16H18N2O4S/c1-11-9-13(16(19)22-3)6-7-15(11)23(20,21)18-12(2)14-5-4-8-17-10-14/h4-10,12,18H,1-3H3/t12-/m0/s1. The van der Waals surface area contributed by atoms with Crippen molar-refractivity contribution in [3.8, 4) is 0 Å². The van der Waals surface area contributed by atoms with Gasteiger partial charge < -0.3 is 4.74 Å². The minimum Gasteiger partial charge on any atom is -0.465 e. The molecule has 0 bridgehead atoms. The molecule has 0 radical (unpaired) electrons. The van der Waals surface area contributed by atoms with Gasteiger partial charge in [-0.3, -0.25) is 4.98 Å². The molecule has 23 heavy (non-hydrogen) atoms. The van der Waals surface area contributed by atoms with E-state index in [9.17, 15) is 13.2 Å². The van der Waals surface area contributed by atoms with Crippen LogP contribution in [0.25, 0.3) is 0 Å². The number of methoxy groups -OCH3 is 1. The third-order valence-electron chi connectivity index (χ3n) is 3.40. The van der Waals surface area contributed by atoms with Crippen LogP contribution in [0.2, 0.25) is 0 Å². The van der Waals surface area contributed by atoms with Gasteiger partial charge in [-0.15, -0.1) is 0 Å². The second-order valence-corrected chi connectivity index (χ2v) is 6.78. The first-order valence-electron chi connectivity index (χ1n) is 6.96. The smallest absolute Gasteiger partial charge is 0.337 e. The van der Waals surface area contributed by atoms with Crippen LogP contribution < -0.4 is 4.72 Å². The van der Waals surface area contributed by atoms with E-state index < -0.39 is 22.0 Å². The highest BCUT2D eigenvalue weighted by molar-refractivity contribution is 7.89.